The summed E-state index contributed by atoms with van der Waals surface area (Å²) in [4.78, 5) is 37.4. The molecule has 1 aliphatic carbocycles. The van der Waals surface area contributed by atoms with Gasteiger partial charge in [0.2, 0.25) is 5.91 Å². The summed E-state index contributed by atoms with van der Waals surface area (Å²) in [7, 11) is 0. The highest BCUT2D eigenvalue weighted by molar-refractivity contribution is 5.88. The lowest BCUT2D eigenvalue weighted by molar-refractivity contribution is -0.158. The number of ether oxygens (including phenoxy) is 1. The minimum absolute atomic E-state index is 0.151. The molecule has 2 rings (SSSR count). The molecule has 1 fully saturated rings. The first-order valence-electron chi connectivity index (χ1n) is 10.7. The van der Waals surface area contributed by atoms with Gasteiger partial charge >= 0.3 is 5.97 Å². The van der Waals surface area contributed by atoms with E-state index in [-0.39, 0.29) is 30.2 Å². The van der Waals surface area contributed by atoms with Gasteiger partial charge in [-0.05, 0) is 31.2 Å². The Hall–Kier alpha value is -2.37. The van der Waals surface area contributed by atoms with Crippen LogP contribution < -0.4 is 10.6 Å². The molecule has 0 spiro atoms. The molecule has 0 aliphatic heterocycles. The van der Waals surface area contributed by atoms with E-state index in [0.29, 0.717) is 0 Å². The van der Waals surface area contributed by atoms with E-state index in [0.717, 1.165) is 31.2 Å². The second kappa shape index (κ2) is 11.6. The van der Waals surface area contributed by atoms with Gasteiger partial charge in [0.1, 0.15) is 6.04 Å². The van der Waals surface area contributed by atoms with E-state index in [9.17, 15) is 14.4 Å². The first-order valence-corrected chi connectivity index (χ1v) is 10.7. The molecule has 0 radical (unpaired) electrons. The number of hydrogen-bond donors (Lipinski definition) is 2. The average molecular weight is 403 g/mol. The summed E-state index contributed by atoms with van der Waals surface area (Å²) in [5.41, 5.74) is 0.872. The van der Waals surface area contributed by atoms with E-state index in [1.54, 1.807) is 6.92 Å². The summed E-state index contributed by atoms with van der Waals surface area (Å²) in [6, 6.07) is 8.70. The van der Waals surface area contributed by atoms with Gasteiger partial charge in [-0.3, -0.25) is 9.59 Å². The van der Waals surface area contributed by atoms with Crippen molar-refractivity contribution >= 4 is 17.8 Å². The number of carbonyl (C=O) groups is 3. The standard InChI is InChI=1S/C23H34N2O4/c1-16(2)21(25-20(26)15-18-11-7-6-8-12-18)23(28)29-17(3)22(27)24-19-13-9-4-5-10-14-19/h6-8,11-12,16-17,19,21H,4-5,9-10,13-15H2,1-3H3,(H,24,27)(H,25,26)/t17-,21+/m1/s1. The number of rotatable bonds is 8. The van der Waals surface area contributed by atoms with Crippen LogP contribution in [0.1, 0.15) is 64.9 Å². The van der Waals surface area contributed by atoms with E-state index >= 15 is 0 Å². The second-order valence-corrected chi connectivity index (χ2v) is 8.23. The quantitative estimate of drug-likeness (QED) is 0.517. The molecule has 0 heterocycles. The van der Waals surface area contributed by atoms with E-state index in [1.165, 1.54) is 12.8 Å². The molecule has 1 aromatic rings. The lowest BCUT2D eigenvalue weighted by Crippen LogP contribution is -2.49. The second-order valence-electron chi connectivity index (χ2n) is 8.23. The van der Waals surface area contributed by atoms with Crippen molar-refractivity contribution in [3.63, 3.8) is 0 Å². The van der Waals surface area contributed by atoms with E-state index in [2.05, 4.69) is 10.6 Å². The lowest BCUT2D eigenvalue weighted by Gasteiger charge is -2.24. The van der Waals surface area contributed by atoms with Crippen molar-refractivity contribution in [3.05, 3.63) is 35.9 Å². The number of nitrogens with one attached hydrogen (secondary N) is 2. The number of benzene rings is 1. The zero-order valence-electron chi connectivity index (χ0n) is 17.8. The molecular weight excluding hydrogens is 368 g/mol. The highest BCUT2D eigenvalue weighted by Gasteiger charge is 2.29. The topological polar surface area (TPSA) is 84.5 Å². The average Bonchev–Trinajstić information content (AvgIpc) is 2.95. The predicted molar refractivity (Wildman–Crippen MR) is 112 cm³/mol. The number of carbonyl (C=O) groups excluding carboxylic acids is 3. The lowest BCUT2D eigenvalue weighted by atomic mass is 10.0. The third-order valence-electron chi connectivity index (χ3n) is 5.31. The van der Waals surface area contributed by atoms with Crippen LogP contribution in [0, 0.1) is 5.92 Å². The SMILES string of the molecule is CC(C)[C@H](NC(=O)Cc1ccccc1)C(=O)O[C@H](C)C(=O)NC1CCCCCC1. The molecule has 0 aromatic heterocycles. The van der Waals surface area contributed by atoms with Gasteiger partial charge in [-0.2, -0.15) is 0 Å². The van der Waals surface area contributed by atoms with Gasteiger partial charge in [0.15, 0.2) is 6.10 Å². The Labute approximate surface area is 173 Å². The molecule has 0 saturated heterocycles. The van der Waals surface area contributed by atoms with Gasteiger partial charge in [-0.25, -0.2) is 4.79 Å². The first kappa shape index (κ1) is 22.9. The fraction of sp³-hybridized carbons (Fsp3) is 0.609. The van der Waals surface area contributed by atoms with Crippen LogP contribution in [0.3, 0.4) is 0 Å². The summed E-state index contributed by atoms with van der Waals surface area (Å²) in [6.07, 6.45) is 5.87. The molecule has 2 amide bonds. The number of esters is 1. The van der Waals surface area contributed by atoms with Crippen LogP contribution in [0.4, 0.5) is 0 Å². The molecule has 160 valence electrons. The highest BCUT2D eigenvalue weighted by Crippen LogP contribution is 2.17. The van der Waals surface area contributed by atoms with Crippen LogP contribution in [0.15, 0.2) is 30.3 Å². The third kappa shape index (κ3) is 7.87. The van der Waals surface area contributed by atoms with Crippen molar-refractivity contribution in [2.75, 3.05) is 0 Å². The maximum absolute atomic E-state index is 12.6. The Balaban J connectivity index is 1.87. The summed E-state index contributed by atoms with van der Waals surface area (Å²) in [5, 5.41) is 5.76. The summed E-state index contributed by atoms with van der Waals surface area (Å²) in [6.45, 7) is 5.25. The molecule has 2 N–H and O–H groups in total. The highest BCUT2D eigenvalue weighted by atomic mass is 16.5. The van der Waals surface area contributed by atoms with Crippen LogP contribution in [-0.4, -0.2) is 36.0 Å². The minimum Gasteiger partial charge on any atom is -0.451 e. The molecule has 0 unspecified atom stereocenters. The Kier molecular flexibility index (Phi) is 9.16. The Morgan fingerprint density at radius 1 is 1.00 bits per heavy atom. The van der Waals surface area contributed by atoms with Gasteiger partial charge in [0, 0.05) is 6.04 Å². The maximum atomic E-state index is 12.6. The van der Waals surface area contributed by atoms with Crippen LogP contribution in [0.25, 0.3) is 0 Å². The predicted octanol–water partition coefficient (Wildman–Crippen LogP) is 3.14. The van der Waals surface area contributed by atoms with Crippen LogP contribution in [-0.2, 0) is 25.5 Å². The smallest absolute Gasteiger partial charge is 0.329 e. The summed E-state index contributed by atoms with van der Waals surface area (Å²) < 4.78 is 5.39. The van der Waals surface area contributed by atoms with Gasteiger partial charge in [0.05, 0.1) is 6.42 Å². The number of amides is 2. The molecule has 6 heteroatoms. The van der Waals surface area contributed by atoms with E-state index in [1.807, 2.05) is 44.2 Å². The normalized spacial score (nSPS) is 17.1. The van der Waals surface area contributed by atoms with Crippen LogP contribution in [0.2, 0.25) is 0 Å². The Morgan fingerprint density at radius 3 is 2.21 bits per heavy atom. The van der Waals surface area contributed by atoms with Crippen molar-refractivity contribution < 1.29 is 19.1 Å². The maximum Gasteiger partial charge on any atom is 0.329 e. The molecule has 1 saturated carbocycles. The van der Waals surface area contributed by atoms with Gasteiger partial charge < -0.3 is 15.4 Å². The van der Waals surface area contributed by atoms with Crippen LogP contribution >= 0.6 is 0 Å². The molecule has 2 atom stereocenters. The first-order chi connectivity index (χ1) is 13.9. The molecule has 0 bridgehead atoms. The van der Waals surface area contributed by atoms with Gasteiger partial charge in [-0.1, -0.05) is 69.9 Å². The molecular formula is C23H34N2O4. The fourth-order valence-electron chi connectivity index (χ4n) is 3.55. The van der Waals surface area contributed by atoms with Crippen molar-refractivity contribution in [2.45, 2.75) is 83.9 Å². The number of hydrogen-bond acceptors (Lipinski definition) is 4. The Bertz CT molecular complexity index is 667. The van der Waals surface area contributed by atoms with E-state index < -0.39 is 18.1 Å². The Morgan fingerprint density at radius 2 is 1.62 bits per heavy atom. The molecule has 1 aliphatic rings. The minimum atomic E-state index is -0.891. The van der Waals surface area contributed by atoms with Gasteiger partial charge in [0.25, 0.3) is 5.91 Å². The largest absolute Gasteiger partial charge is 0.451 e. The zero-order valence-corrected chi connectivity index (χ0v) is 17.8. The van der Waals surface area contributed by atoms with Gasteiger partial charge in [-0.15, -0.1) is 0 Å². The van der Waals surface area contributed by atoms with E-state index in [4.69, 9.17) is 4.74 Å². The summed E-state index contributed by atoms with van der Waals surface area (Å²) in [5.74, 6) is -1.25. The third-order valence-corrected chi connectivity index (χ3v) is 5.31. The van der Waals surface area contributed by atoms with Crippen LogP contribution in [0.5, 0.6) is 0 Å². The monoisotopic (exact) mass is 402 g/mol. The van der Waals surface area contributed by atoms with Crippen molar-refractivity contribution in [1.82, 2.24) is 10.6 Å². The zero-order chi connectivity index (χ0) is 21.2. The van der Waals surface area contributed by atoms with Crippen molar-refractivity contribution in [1.29, 1.82) is 0 Å². The fourth-order valence-corrected chi connectivity index (χ4v) is 3.55. The molecule has 6 nitrogen and oxygen atoms in total. The summed E-state index contributed by atoms with van der Waals surface area (Å²) >= 11 is 0. The van der Waals surface area contributed by atoms with Crippen molar-refractivity contribution in [2.24, 2.45) is 5.92 Å². The molecule has 29 heavy (non-hydrogen) atoms. The molecule has 1 aromatic carbocycles. The van der Waals surface area contributed by atoms with Crippen molar-refractivity contribution in [3.8, 4) is 0 Å².